The molecule has 0 saturated heterocycles. The lowest BCUT2D eigenvalue weighted by molar-refractivity contribution is 0.101. The summed E-state index contributed by atoms with van der Waals surface area (Å²) < 4.78 is 4.95. The van der Waals surface area contributed by atoms with E-state index in [-0.39, 0.29) is 16.9 Å². The van der Waals surface area contributed by atoms with Gasteiger partial charge in [-0.25, -0.2) is 0 Å². The van der Waals surface area contributed by atoms with Gasteiger partial charge in [0.05, 0.1) is 12.2 Å². The molecule has 0 fully saturated rings. The van der Waals surface area contributed by atoms with E-state index in [4.69, 9.17) is 4.74 Å². The number of rotatable bonds is 4. The number of H-pyrrole nitrogens is 1. The number of ketones is 1. The van der Waals surface area contributed by atoms with Gasteiger partial charge in [0.25, 0.3) is 5.56 Å². The summed E-state index contributed by atoms with van der Waals surface area (Å²) in [6.07, 6.45) is 0.694. The smallest absolute Gasteiger partial charge is 0.259 e. The monoisotopic (exact) mass is 209 g/mol. The van der Waals surface area contributed by atoms with Crippen molar-refractivity contribution in [2.45, 2.75) is 20.3 Å². The zero-order valence-electron chi connectivity index (χ0n) is 9.22. The maximum Gasteiger partial charge on any atom is 0.259 e. The number of Topliss-reactive ketones (excluding diaryl/α,β-unsaturated/α-hetero) is 1. The van der Waals surface area contributed by atoms with Crippen LogP contribution in [0.15, 0.2) is 10.9 Å². The van der Waals surface area contributed by atoms with Crippen LogP contribution in [-0.4, -0.2) is 24.5 Å². The van der Waals surface area contributed by atoms with Crippen molar-refractivity contribution in [2.75, 3.05) is 13.7 Å². The Bertz CT molecular complexity index is 420. The van der Waals surface area contributed by atoms with E-state index in [2.05, 4.69) is 4.98 Å². The highest BCUT2D eigenvalue weighted by atomic mass is 16.5. The zero-order chi connectivity index (χ0) is 11.4. The van der Waals surface area contributed by atoms with Gasteiger partial charge in [-0.2, -0.15) is 0 Å². The van der Waals surface area contributed by atoms with Gasteiger partial charge in [0.15, 0.2) is 5.78 Å². The van der Waals surface area contributed by atoms with Crippen LogP contribution in [0.1, 0.15) is 28.5 Å². The lowest BCUT2D eigenvalue weighted by Gasteiger charge is -2.06. The summed E-state index contributed by atoms with van der Waals surface area (Å²) in [6.45, 7) is 3.78. The van der Waals surface area contributed by atoms with Gasteiger partial charge < -0.3 is 9.72 Å². The SMILES string of the molecule is COCCc1cc(C(C)=O)c(=O)[nH]c1C. The Hall–Kier alpha value is -1.42. The summed E-state index contributed by atoms with van der Waals surface area (Å²) in [6, 6.07) is 1.65. The van der Waals surface area contributed by atoms with Crippen LogP contribution >= 0.6 is 0 Å². The van der Waals surface area contributed by atoms with E-state index in [1.807, 2.05) is 6.92 Å². The number of carbonyl (C=O) groups excluding carboxylic acids is 1. The summed E-state index contributed by atoms with van der Waals surface area (Å²) >= 11 is 0. The molecule has 15 heavy (non-hydrogen) atoms. The molecule has 1 N–H and O–H groups in total. The lowest BCUT2D eigenvalue weighted by atomic mass is 10.1. The van der Waals surface area contributed by atoms with Crippen molar-refractivity contribution in [2.24, 2.45) is 0 Å². The number of hydrogen-bond acceptors (Lipinski definition) is 3. The Morgan fingerprint density at radius 2 is 2.20 bits per heavy atom. The largest absolute Gasteiger partial charge is 0.384 e. The topological polar surface area (TPSA) is 59.2 Å². The molecule has 1 aromatic rings. The molecule has 0 amide bonds. The number of ether oxygens (including phenoxy) is 1. The third-order valence-electron chi connectivity index (χ3n) is 2.30. The van der Waals surface area contributed by atoms with Crippen LogP contribution < -0.4 is 5.56 Å². The molecular weight excluding hydrogens is 194 g/mol. The number of hydrogen-bond donors (Lipinski definition) is 1. The molecule has 0 aliphatic carbocycles. The van der Waals surface area contributed by atoms with E-state index in [1.165, 1.54) is 6.92 Å². The maximum atomic E-state index is 11.4. The highest BCUT2D eigenvalue weighted by molar-refractivity contribution is 5.93. The minimum absolute atomic E-state index is 0.213. The molecule has 0 bridgehead atoms. The molecule has 4 heteroatoms. The van der Waals surface area contributed by atoms with E-state index in [0.29, 0.717) is 13.0 Å². The lowest BCUT2D eigenvalue weighted by Crippen LogP contribution is -2.18. The van der Waals surface area contributed by atoms with Crippen molar-refractivity contribution in [3.63, 3.8) is 0 Å². The predicted octanol–water partition coefficient (Wildman–Crippen LogP) is 1.07. The van der Waals surface area contributed by atoms with Crippen LogP contribution in [0.4, 0.5) is 0 Å². The molecule has 82 valence electrons. The number of carbonyl (C=O) groups is 1. The van der Waals surface area contributed by atoms with Crippen LogP contribution in [0.25, 0.3) is 0 Å². The Morgan fingerprint density at radius 1 is 1.53 bits per heavy atom. The van der Waals surface area contributed by atoms with Crippen LogP contribution in [0.2, 0.25) is 0 Å². The Balaban J connectivity index is 3.12. The summed E-state index contributed by atoms with van der Waals surface area (Å²) in [5.41, 5.74) is 1.64. The predicted molar refractivity (Wildman–Crippen MR) is 57.4 cm³/mol. The van der Waals surface area contributed by atoms with E-state index in [1.54, 1.807) is 13.2 Å². The van der Waals surface area contributed by atoms with E-state index in [9.17, 15) is 9.59 Å². The van der Waals surface area contributed by atoms with Crippen LogP contribution in [0.5, 0.6) is 0 Å². The fourth-order valence-corrected chi connectivity index (χ4v) is 1.40. The van der Waals surface area contributed by atoms with Crippen molar-refractivity contribution in [1.82, 2.24) is 4.98 Å². The van der Waals surface area contributed by atoms with Crippen molar-refractivity contribution >= 4 is 5.78 Å². The van der Waals surface area contributed by atoms with Crippen molar-refractivity contribution < 1.29 is 9.53 Å². The number of nitrogens with one attached hydrogen (secondary N) is 1. The number of aromatic nitrogens is 1. The van der Waals surface area contributed by atoms with Gasteiger partial charge >= 0.3 is 0 Å². The first kappa shape index (κ1) is 11.7. The minimum Gasteiger partial charge on any atom is -0.384 e. The minimum atomic E-state index is -0.318. The summed E-state index contributed by atoms with van der Waals surface area (Å²) in [5, 5.41) is 0. The maximum absolute atomic E-state index is 11.4. The number of methoxy groups -OCH3 is 1. The van der Waals surface area contributed by atoms with Crippen LogP contribution in [0.3, 0.4) is 0 Å². The quantitative estimate of drug-likeness (QED) is 0.755. The van der Waals surface area contributed by atoms with Gasteiger partial charge in [0, 0.05) is 12.8 Å². The van der Waals surface area contributed by atoms with Gasteiger partial charge in [-0.1, -0.05) is 0 Å². The highest BCUT2D eigenvalue weighted by Gasteiger charge is 2.08. The van der Waals surface area contributed by atoms with Crippen LogP contribution in [0, 0.1) is 6.92 Å². The first-order valence-corrected chi connectivity index (χ1v) is 4.79. The second kappa shape index (κ2) is 4.89. The standard InChI is InChI=1S/C11H15NO3/c1-7-9(4-5-15-3)6-10(8(2)13)11(14)12-7/h6H,4-5H2,1-3H3,(H,12,14). The van der Waals surface area contributed by atoms with Gasteiger partial charge in [-0.15, -0.1) is 0 Å². The summed E-state index contributed by atoms with van der Waals surface area (Å²) in [4.78, 5) is 25.2. The first-order valence-electron chi connectivity index (χ1n) is 4.79. The van der Waals surface area contributed by atoms with Crippen molar-refractivity contribution in [1.29, 1.82) is 0 Å². The molecule has 0 aromatic carbocycles. The van der Waals surface area contributed by atoms with Gasteiger partial charge in [0.2, 0.25) is 0 Å². The molecule has 0 unspecified atom stereocenters. The van der Waals surface area contributed by atoms with E-state index in [0.717, 1.165) is 11.3 Å². The highest BCUT2D eigenvalue weighted by Crippen LogP contribution is 2.06. The summed E-state index contributed by atoms with van der Waals surface area (Å²) in [7, 11) is 1.62. The molecule has 0 aliphatic rings. The molecule has 0 spiro atoms. The third-order valence-corrected chi connectivity index (χ3v) is 2.30. The van der Waals surface area contributed by atoms with Gasteiger partial charge in [-0.3, -0.25) is 9.59 Å². The second-order valence-electron chi connectivity index (χ2n) is 3.46. The second-order valence-corrected chi connectivity index (χ2v) is 3.46. The fraction of sp³-hybridized carbons (Fsp3) is 0.455. The zero-order valence-corrected chi connectivity index (χ0v) is 9.22. The Labute approximate surface area is 88.3 Å². The molecule has 1 aromatic heterocycles. The first-order chi connectivity index (χ1) is 7.06. The fourth-order valence-electron chi connectivity index (χ4n) is 1.40. The van der Waals surface area contributed by atoms with Crippen molar-refractivity contribution in [3.8, 4) is 0 Å². The third kappa shape index (κ3) is 2.76. The molecule has 0 radical (unpaired) electrons. The summed E-state index contributed by atoms with van der Waals surface area (Å²) in [5.74, 6) is -0.213. The van der Waals surface area contributed by atoms with E-state index >= 15 is 0 Å². The van der Waals surface area contributed by atoms with Gasteiger partial charge in [-0.05, 0) is 31.9 Å². The average Bonchev–Trinajstić information content (AvgIpc) is 2.16. The molecule has 1 heterocycles. The molecule has 1 rings (SSSR count). The molecular formula is C11H15NO3. The molecule has 4 nitrogen and oxygen atoms in total. The number of pyridine rings is 1. The Morgan fingerprint density at radius 3 is 2.73 bits per heavy atom. The number of aromatic amines is 1. The van der Waals surface area contributed by atoms with Crippen molar-refractivity contribution in [3.05, 3.63) is 33.2 Å². The molecule has 0 saturated carbocycles. The number of aryl methyl sites for hydroxylation is 1. The van der Waals surface area contributed by atoms with Crippen LogP contribution in [-0.2, 0) is 11.2 Å². The van der Waals surface area contributed by atoms with Gasteiger partial charge in [0.1, 0.15) is 0 Å². The van der Waals surface area contributed by atoms with E-state index < -0.39 is 0 Å². The average molecular weight is 209 g/mol. The molecule has 0 aliphatic heterocycles. The normalized spacial score (nSPS) is 10.3. The Kier molecular flexibility index (Phi) is 3.80. The molecule has 0 atom stereocenters.